The molecular weight excluding hydrogens is 230 g/mol. The third-order valence-electron chi connectivity index (χ3n) is 6.24. The zero-order chi connectivity index (χ0) is 13.9. The molecule has 0 radical (unpaired) electrons. The molecule has 0 bridgehead atoms. The van der Waals surface area contributed by atoms with Crippen molar-refractivity contribution in [3.63, 3.8) is 0 Å². The lowest BCUT2D eigenvalue weighted by Crippen LogP contribution is -2.38. The number of nitrogens with one attached hydrogen (secondary N) is 1. The Hall–Kier alpha value is -0.0400. The number of hydrogen-bond acceptors (Lipinski definition) is 1. The van der Waals surface area contributed by atoms with Crippen molar-refractivity contribution in [2.24, 2.45) is 23.2 Å². The van der Waals surface area contributed by atoms with E-state index in [0.29, 0.717) is 5.41 Å². The summed E-state index contributed by atoms with van der Waals surface area (Å²) in [7, 11) is 0. The first kappa shape index (κ1) is 15.4. The summed E-state index contributed by atoms with van der Waals surface area (Å²) in [4.78, 5) is 0. The van der Waals surface area contributed by atoms with E-state index in [-0.39, 0.29) is 0 Å². The minimum atomic E-state index is 0.561. The van der Waals surface area contributed by atoms with Crippen LogP contribution in [0.4, 0.5) is 0 Å². The molecule has 0 amide bonds. The summed E-state index contributed by atoms with van der Waals surface area (Å²) < 4.78 is 0. The van der Waals surface area contributed by atoms with Gasteiger partial charge in [-0.1, -0.05) is 40.5 Å². The summed E-state index contributed by atoms with van der Waals surface area (Å²) in [6, 6.07) is 0.819. The second-order valence-corrected chi connectivity index (χ2v) is 8.08. The van der Waals surface area contributed by atoms with Gasteiger partial charge in [0.15, 0.2) is 0 Å². The van der Waals surface area contributed by atoms with E-state index in [4.69, 9.17) is 0 Å². The molecule has 1 N–H and O–H groups in total. The highest BCUT2D eigenvalue weighted by atomic mass is 14.9. The fourth-order valence-corrected chi connectivity index (χ4v) is 4.21. The maximum atomic E-state index is 3.87. The molecule has 1 nitrogen and oxygen atoms in total. The average Bonchev–Trinajstić information content (AvgIpc) is 2.83. The van der Waals surface area contributed by atoms with E-state index in [9.17, 15) is 0 Å². The molecule has 2 saturated carbocycles. The largest absolute Gasteiger partial charge is 0.314 e. The molecule has 2 aliphatic rings. The maximum Gasteiger partial charge on any atom is 0.00673 e. The lowest BCUT2D eigenvalue weighted by Gasteiger charge is -2.39. The molecule has 0 aromatic heterocycles. The summed E-state index contributed by atoms with van der Waals surface area (Å²) in [6.07, 6.45) is 11.4. The zero-order valence-electron chi connectivity index (χ0n) is 13.7. The molecule has 0 saturated heterocycles. The monoisotopic (exact) mass is 265 g/mol. The van der Waals surface area contributed by atoms with Gasteiger partial charge in [0.1, 0.15) is 0 Å². The fourth-order valence-electron chi connectivity index (χ4n) is 4.21. The van der Waals surface area contributed by atoms with Gasteiger partial charge in [0, 0.05) is 6.04 Å². The van der Waals surface area contributed by atoms with Gasteiger partial charge in [0.25, 0.3) is 0 Å². The van der Waals surface area contributed by atoms with E-state index in [1.807, 2.05) is 0 Å². The Morgan fingerprint density at radius 1 is 1.00 bits per heavy atom. The van der Waals surface area contributed by atoms with Crippen LogP contribution in [0.3, 0.4) is 0 Å². The van der Waals surface area contributed by atoms with Crippen LogP contribution >= 0.6 is 0 Å². The van der Waals surface area contributed by atoms with Crippen LogP contribution in [0, 0.1) is 23.2 Å². The predicted octanol–water partition coefficient (Wildman–Crippen LogP) is 5.01. The zero-order valence-corrected chi connectivity index (χ0v) is 13.7. The molecule has 2 unspecified atom stereocenters. The normalized spacial score (nSPS) is 36.6. The van der Waals surface area contributed by atoms with Crippen molar-refractivity contribution in [1.82, 2.24) is 5.32 Å². The van der Waals surface area contributed by atoms with Crippen LogP contribution in [-0.2, 0) is 0 Å². The molecule has 1 heteroatoms. The molecule has 0 aromatic carbocycles. The molecule has 0 spiro atoms. The fraction of sp³-hybridized carbons (Fsp3) is 1.00. The van der Waals surface area contributed by atoms with Crippen LogP contribution in [-0.4, -0.2) is 12.6 Å². The second kappa shape index (κ2) is 6.61. The first-order valence-electron chi connectivity index (χ1n) is 8.74. The van der Waals surface area contributed by atoms with Gasteiger partial charge in [-0.3, -0.25) is 0 Å². The third-order valence-corrected chi connectivity index (χ3v) is 6.24. The van der Waals surface area contributed by atoms with Crippen molar-refractivity contribution >= 4 is 0 Å². The maximum absolute atomic E-state index is 3.87. The molecule has 2 aliphatic carbocycles. The van der Waals surface area contributed by atoms with Gasteiger partial charge >= 0.3 is 0 Å². The summed E-state index contributed by atoms with van der Waals surface area (Å²) in [6.45, 7) is 11.0. The summed E-state index contributed by atoms with van der Waals surface area (Å²) >= 11 is 0. The summed E-state index contributed by atoms with van der Waals surface area (Å²) in [5.41, 5.74) is 0.561. The average molecular weight is 265 g/mol. The van der Waals surface area contributed by atoms with Gasteiger partial charge < -0.3 is 5.32 Å². The van der Waals surface area contributed by atoms with Gasteiger partial charge in [-0.25, -0.2) is 0 Å². The SMILES string of the molecule is CCC(C)(C)C1CCC(NCC2CCC(C)C2)CC1. The Bertz CT molecular complexity index is 263. The minimum Gasteiger partial charge on any atom is -0.314 e. The number of hydrogen-bond donors (Lipinski definition) is 1. The van der Waals surface area contributed by atoms with Crippen LogP contribution in [0.5, 0.6) is 0 Å². The molecule has 0 aliphatic heterocycles. The van der Waals surface area contributed by atoms with Gasteiger partial charge in [-0.05, 0) is 68.2 Å². The van der Waals surface area contributed by atoms with Crippen LogP contribution in [0.15, 0.2) is 0 Å². The second-order valence-electron chi connectivity index (χ2n) is 8.08. The molecule has 0 aromatic rings. The van der Waals surface area contributed by atoms with Gasteiger partial charge in [0.05, 0.1) is 0 Å². The van der Waals surface area contributed by atoms with E-state index in [2.05, 4.69) is 33.0 Å². The van der Waals surface area contributed by atoms with Crippen molar-refractivity contribution in [1.29, 1.82) is 0 Å². The highest BCUT2D eigenvalue weighted by molar-refractivity contribution is 4.85. The van der Waals surface area contributed by atoms with Crippen LogP contribution in [0.25, 0.3) is 0 Å². The molecule has 2 fully saturated rings. The summed E-state index contributed by atoms with van der Waals surface area (Å²) in [5, 5.41) is 3.87. The molecule has 2 rings (SSSR count). The highest BCUT2D eigenvalue weighted by Crippen LogP contribution is 2.40. The van der Waals surface area contributed by atoms with Crippen LogP contribution in [0.2, 0.25) is 0 Å². The Balaban J connectivity index is 1.66. The van der Waals surface area contributed by atoms with E-state index in [0.717, 1.165) is 23.8 Å². The lowest BCUT2D eigenvalue weighted by atomic mass is 9.69. The number of rotatable bonds is 5. The first-order chi connectivity index (χ1) is 9.01. The van der Waals surface area contributed by atoms with Crippen molar-refractivity contribution in [2.45, 2.75) is 85.1 Å². The van der Waals surface area contributed by atoms with Crippen LogP contribution in [0.1, 0.15) is 79.1 Å². The van der Waals surface area contributed by atoms with Crippen molar-refractivity contribution in [3.8, 4) is 0 Å². The third kappa shape index (κ3) is 4.21. The van der Waals surface area contributed by atoms with Crippen molar-refractivity contribution in [2.75, 3.05) is 6.54 Å². The van der Waals surface area contributed by atoms with E-state index < -0.39 is 0 Å². The van der Waals surface area contributed by atoms with E-state index in [1.165, 1.54) is 57.9 Å². The molecule has 112 valence electrons. The smallest absolute Gasteiger partial charge is 0.00673 e. The lowest BCUT2D eigenvalue weighted by molar-refractivity contribution is 0.136. The van der Waals surface area contributed by atoms with E-state index in [1.54, 1.807) is 0 Å². The standard InChI is InChI=1S/C18H35N/c1-5-18(3,4)16-8-10-17(11-9-16)19-13-15-7-6-14(2)12-15/h14-17,19H,5-13H2,1-4H3. The quantitative estimate of drug-likeness (QED) is 0.737. The highest BCUT2D eigenvalue weighted by Gasteiger charge is 2.32. The van der Waals surface area contributed by atoms with E-state index >= 15 is 0 Å². The van der Waals surface area contributed by atoms with Gasteiger partial charge in [-0.2, -0.15) is 0 Å². The Morgan fingerprint density at radius 3 is 2.21 bits per heavy atom. The van der Waals surface area contributed by atoms with Gasteiger partial charge in [-0.15, -0.1) is 0 Å². The minimum absolute atomic E-state index is 0.561. The molecule has 0 heterocycles. The Kier molecular flexibility index (Phi) is 5.34. The Morgan fingerprint density at radius 2 is 1.68 bits per heavy atom. The predicted molar refractivity (Wildman–Crippen MR) is 84.3 cm³/mol. The molecule has 2 atom stereocenters. The Labute approximate surface area is 120 Å². The molecular formula is C18H35N. The van der Waals surface area contributed by atoms with Crippen LogP contribution < -0.4 is 5.32 Å². The van der Waals surface area contributed by atoms with Gasteiger partial charge in [0.2, 0.25) is 0 Å². The topological polar surface area (TPSA) is 12.0 Å². The van der Waals surface area contributed by atoms with Crippen molar-refractivity contribution in [3.05, 3.63) is 0 Å². The first-order valence-corrected chi connectivity index (χ1v) is 8.74. The molecule has 19 heavy (non-hydrogen) atoms. The van der Waals surface area contributed by atoms with Crippen molar-refractivity contribution < 1.29 is 0 Å². The summed E-state index contributed by atoms with van der Waals surface area (Å²) in [5.74, 6) is 2.91.